The van der Waals surface area contributed by atoms with Crippen molar-refractivity contribution in [3.63, 3.8) is 0 Å². The first-order valence-corrected chi connectivity index (χ1v) is 15.0. The van der Waals surface area contributed by atoms with Crippen LogP contribution in [-0.2, 0) is 43.5 Å². The number of thioether (sulfide) groups is 1. The molecule has 0 aliphatic carbocycles. The molecule has 0 aromatic heterocycles. The van der Waals surface area contributed by atoms with Gasteiger partial charge in [0, 0.05) is 17.0 Å². The van der Waals surface area contributed by atoms with Crippen molar-refractivity contribution >= 4 is 23.4 Å². The van der Waals surface area contributed by atoms with Crippen molar-refractivity contribution in [1.82, 2.24) is 0 Å². The van der Waals surface area contributed by atoms with Gasteiger partial charge in [0.15, 0.2) is 6.29 Å². The van der Waals surface area contributed by atoms with Crippen LogP contribution in [0.1, 0.15) is 16.7 Å². The zero-order chi connectivity index (χ0) is 28.3. The molecule has 0 amide bonds. The van der Waals surface area contributed by atoms with Gasteiger partial charge in [-0.15, -0.1) is 11.8 Å². The summed E-state index contributed by atoms with van der Waals surface area (Å²) in [5, 5.41) is 0.477. The number of hydrogen-bond acceptors (Lipinski definition) is 6. The number of halogens is 1. The van der Waals surface area contributed by atoms with E-state index in [2.05, 4.69) is 24.3 Å². The van der Waals surface area contributed by atoms with Crippen molar-refractivity contribution in [3.8, 4) is 0 Å². The highest BCUT2D eigenvalue weighted by Gasteiger charge is 2.48. The third-order valence-corrected chi connectivity index (χ3v) is 8.43. The molecule has 1 saturated heterocycles. The molecule has 4 aromatic rings. The van der Waals surface area contributed by atoms with E-state index in [1.165, 1.54) is 0 Å². The molecular weight excluding hydrogens is 556 g/mol. The van der Waals surface area contributed by atoms with Gasteiger partial charge in [0.1, 0.15) is 18.3 Å². The average molecular weight is 591 g/mol. The number of benzene rings is 4. The fourth-order valence-electron chi connectivity index (χ4n) is 4.79. The summed E-state index contributed by atoms with van der Waals surface area (Å²) >= 11 is 7.82. The second kappa shape index (κ2) is 15.5. The molecule has 41 heavy (non-hydrogen) atoms. The Morgan fingerprint density at radius 2 is 1.17 bits per heavy atom. The van der Waals surface area contributed by atoms with Gasteiger partial charge in [-0.1, -0.05) is 103 Å². The van der Waals surface area contributed by atoms with Crippen molar-refractivity contribution in [3.05, 3.63) is 137 Å². The number of rotatable bonds is 13. The Balaban J connectivity index is 1.41. The molecule has 5 rings (SSSR count). The van der Waals surface area contributed by atoms with E-state index in [4.69, 9.17) is 35.3 Å². The second-order valence-corrected chi connectivity index (χ2v) is 11.5. The highest BCUT2D eigenvalue weighted by Crippen LogP contribution is 2.39. The molecule has 1 fully saturated rings. The van der Waals surface area contributed by atoms with Gasteiger partial charge >= 0.3 is 0 Å². The molecule has 0 unspecified atom stereocenters. The van der Waals surface area contributed by atoms with Gasteiger partial charge in [0.2, 0.25) is 0 Å². The van der Waals surface area contributed by atoms with Crippen molar-refractivity contribution in [2.24, 2.45) is 0 Å². The fourth-order valence-corrected chi connectivity index (χ4v) is 6.18. The largest absolute Gasteiger partial charge is 0.374 e. The Hall–Kier alpha value is -2.68. The van der Waals surface area contributed by atoms with E-state index in [-0.39, 0.29) is 11.4 Å². The molecule has 0 spiro atoms. The van der Waals surface area contributed by atoms with Crippen molar-refractivity contribution in [2.75, 3.05) is 13.7 Å². The van der Waals surface area contributed by atoms with Gasteiger partial charge in [-0.25, -0.2) is 0 Å². The van der Waals surface area contributed by atoms with Crippen LogP contribution in [0.3, 0.4) is 0 Å². The first-order valence-electron chi connectivity index (χ1n) is 13.7. The van der Waals surface area contributed by atoms with Crippen molar-refractivity contribution in [1.29, 1.82) is 0 Å². The fraction of sp³-hybridized carbons (Fsp3) is 0.294. The molecule has 0 radical (unpaired) electrons. The summed E-state index contributed by atoms with van der Waals surface area (Å²) in [5.41, 5.74) is 3.26. The highest BCUT2D eigenvalue weighted by molar-refractivity contribution is 8.00. The topological polar surface area (TPSA) is 46.2 Å². The van der Waals surface area contributed by atoms with E-state index in [1.54, 1.807) is 18.9 Å². The van der Waals surface area contributed by atoms with E-state index >= 15 is 0 Å². The van der Waals surface area contributed by atoms with E-state index < -0.39 is 18.5 Å². The molecule has 5 atom stereocenters. The average Bonchev–Trinajstić information content (AvgIpc) is 3.02. The van der Waals surface area contributed by atoms with Gasteiger partial charge in [0.25, 0.3) is 0 Å². The van der Waals surface area contributed by atoms with Crippen LogP contribution < -0.4 is 0 Å². The lowest BCUT2D eigenvalue weighted by Crippen LogP contribution is -2.59. The maximum atomic E-state index is 6.72. The minimum atomic E-state index is -0.543. The van der Waals surface area contributed by atoms with E-state index in [9.17, 15) is 0 Å². The lowest BCUT2D eigenvalue weighted by molar-refractivity contribution is -0.268. The maximum Gasteiger partial charge on any atom is 0.172 e. The predicted octanol–water partition coefficient (Wildman–Crippen LogP) is 7.56. The van der Waals surface area contributed by atoms with Gasteiger partial charge in [-0.05, 0) is 41.0 Å². The van der Waals surface area contributed by atoms with Crippen molar-refractivity contribution < 1.29 is 23.7 Å². The Kier molecular flexibility index (Phi) is 11.3. The van der Waals surface area contributed by atoms with Crippen LogP contribution in [0.15, 0.2) is 120 Å². The molecule has 0 saturated carbocycles. The first-order chi connectivity index (χ1) is 20.2. The third-order valence-electron chi connectivity index (χ3n) is 6.87. The Bertz CT molecular complexity index is 1290. The lowest BCUT2D eigenvalue weighted by atomic mass is 10.00. The SMILES string of the molecule is CO[C@@H]1O[C@H](COCc2ccccc2)[C@@H](OCc2ccccc2)[C@H](OCc2ccccc2)[C@H]1Sc1ccc(Cl)cc1. The van der Waals surface area contributed by atoms with Gasteiger partial charge in [-0.3, -0.25) is 0 Å². The second-order valence-electron chi connectivity index (χ2n) is 9.84. The Morgan fingerprint density at radius 3 is 1.71 bits per heavy atom. The quantitative estimate of drug-likeness (QED) is 0.160. The van der Waals surface area contributed by atoms with Crippen LogP contribution in [0, 0.1) is 0 Å². The Morgan fingerprint density at radius 1 is 0.659 bits per heavy atom. The molecule has 1 heterocycles. The van der Waals surface area contributed by atoms with Crippen LogP contribution in [0.25, 0.3) is 0 Å². The molecule has 1 aliphatic heterocycles. The molecule has 0 bridgehead atoms. The smallest absolute Gasteiger partial charge is 0.172 e. The lowest BCUT2D eigenvalue weighted by Gasteiger charge is -2.45. The number of methoxy groups -OCH3 is 1. The predicted molar refractivity (Wildman–Crippen MR) is 163 cm³/mol. The summed E-state index contributed by atoms with van der Waals surface area (Å²) in [4.78, 5) is 1.04. The van der Waals surface area contributed by atoms with Crippen molar-refractivity contribution in [2.45, 2.75) is 54.6 Å². The molecule has 4 aromatic carbocycles. The number of ether oxygens (including phenoxy) is 5. The minimum absolute atomic E-state index is 0.212. The van der Waals surface area contributed by atoms with Crippen LogP contribution in [0.4, 0.5) is 0 Å². The summed E-state index contributed by atoms with van der Waals surface area (Å²) in [6.07, 6.45) is -1.72. The summed E-state index contributed by atoms with van der Waals surface area (Å²) in [6.45, 7) is 1.66. The zero-order valence-corrected chi connectivity index (χ0v) is 24.6. The van der Waals surface area contributed by atoms with E-state index in [1.807, 2.05) is 91.0 Å². The van der Waals surface area contributed by atoms with E-state index in [0.717, 1.165) is 21.6 Å². The molecular formula is C34H35ClO5S. The standard InChI is InChI=1S/C34H35ClO5S/c1-36-34-33(41-29-19-17-28(35)18-20-29)32(39-23-27-15-9-4-10-16-27)31(38-22-26-13-7-3-8-14-26)30(40-34)24-37-21-25-11-5-2-6-12-25/h2-20,30-34H,21-24H2,1H3/t30-,31-,32+,33-,34-/m1/s1. The van der Waals surface area contributed by atoms with Crippen LogP contribution in [0.2, 0.25) is 5.02 Å². The molecule has 0 N–H and O–H groups in total. The van der Waals surface area contributed by atoms with Gasteiger partial charge < -0.3 is 23.7 Å². The summed E-state index contributed by atoms with van der Waals surface area (Å²) in [6, 6.07) is 38.2. The molecule has 214 valence electrons. The van der Waals surface area contributed by atoms with Crippen LogP contribution in [0.5, 0.6) is 0 Å². The third kappa shape index (κ3) is 8.66. The number of hydrogen-bond donors (Lipinski definition) is 0. The Labute approximate surface area is 251 Å². The normalized spacial score (nSPS) is 22.4. The van der Waals surface area contributed by atoms with E-state index in [0.29, 0.717) is 31.5 Å². The first kappa shape index (κ1) is 29.8. The highest BCUT2D eigenvalue weighted by atomic mass is 35.5. The summed E-state index contributed by atoms with van der Waals surface area (Å²) < 4.78 is 32.0. The van der Waals surface area contributed by atoms with Crippen LogP contribution >= 0.6 is 23.4 Å². The monoisotopic (exact) mass is 590 g/mol. The maximum absolute atomic E-state index is 6.72. The molecule has 1 aliphatic rings. The minimum Gasteiger partial charge on any atom is -0.374 e. The molecule has 7 heteroatoms. The summed E-state index contributed by atoms with van der Waals surface area (Å²) in [5.74, 6) is 0. The van der Waals surface area contributed by atoms with Gasteiger partial charge in [0.05, 0.1) is 31.7 Å². The van der Waals surface area contributed by atoms with Crippen LogP contribution in [-0.4, -0.2) is 43.6 Å². The summed E-state index contributed by atoms with van der Waals surface area (Å²) in [7, 11) is 1.67. The molecule has 5 nitrogen and oxygen atoms in total. The zero-order valence-electron chi connectivity index (χ0n) is 23.0. The van der Waals surface area contributed by atoms with Gasteiger partial charge in [-0.2, -0.15) is 0 Å².